The minimum atomic E-state index is -4.52. The summed E-state index contributed by atoms with van der Waals surface area (Å²) in [5, 5.41) is 8.86. The van der Waals surface area contributed by atoms with Crippen molar-refractivity contribution < 1.29 is 13.2 Å². The molecule has 0 aliphatic heterocycles. The Morgan fingerprint density at radius 1 is 1.33 bits per heavy atom. The van der Waals surface area contributed by atoms with Crippen LogP contribution in [0.25, 0.3) is 5.69 Å². The van der Waals surface area contributed by atoms with Gasteiger partial charge in [0.15, 0.2) is 0 Å². The molecule has 0 unspecified atom stereocenters. The predicted octanol–water partition coefficient (Wildman–Crippen LogP) is 2.06. The van der Waals surface area contributed by atoms with Crippen molar-refractivity contribution in [3.63, 3.8) is 0 Å². The highest BCUT2D eigenvalue weighted by atomic mass is 19.4. The summed E-state index contributed by atoms with van der Waals surface area (Å²) < 4.78 is 38.5. The van der Waals surface area contributed by atoms with Gasteiger partial charge in [0.05, 0.1) is 16.8 Å². The topological polar surface area (TPSA) is 61.6 Å². The molecular weight excluding hydrogens is 247 g/mol. The summed E-state index contributed by atoms with van der Waals surface area (Å²) in [7, 11) is 0. The van der Waals surface area contributed by atoms with E-state index in [0.717, 1.165) is 22.8 Å². The molecule has 2 rings (SSSR count). The smallest absolute Gasteiger partial charge is 0.312 e. The van der Waals surface area contributed by atoms with E-state index in [-0.39, 0.29) is 11.3 Å². The zero-order valence-corrected chi connectivity index (χ0v) is 8.82. The molecule has 1 N–H and O–H groups in total. The van der Waals surface area contributed by atoms with E-state index in [0.29, 0.717) is 0 Å². The van der Waals surface area contributed by atoms with Gasteiger partial charge in [-0.3, -0.25) is 4.57 Å². The minimum Gasteiger partial charge on any atom is -0.312 e. The Balaban J connectivity index is 2.63. The Hall–Kier alpha value is -2.49. The number of imidazole rings is 1. The van der Waals surface area contributed by atoms with Crippen molar-refractivity contribution in [2.45, 2.75) is 6.18 Å². The van der Waals surface area contributed by atoms with Crippen LogP contribution < -0.4 is 5.69 Å². The van der Waals surface area contributed by atoms with E-state index in [1.54, 1.807) is 6.07 Å². The number of H-pyrrole nitrogens is 1. The van der Waals surface area contributed by atoms with Crippen molar-refractivity contribution in [2.24, 2.45) is 0 Å². The van der Waals surface area contributed by atoms with E-state index in [9.17, 15) is 18.0 Å². The molecule has 0 bridgehead atoms. The fourth-order valence-corrected chi connectivity index (χ4v) is 1.52. The quantitative estimate of drug-likeness (QED) is 0.845. The molecule has 0 spiro atoms. The lowest BCUT2D eigenvalue weighted by molar-refractivity contribution is -0.137. The van der Waals surface area contributed by atoms with Crippen LogP contribution in [-0.2, 0) is 6.18 Å². The average Bonchev–Trinajstić information content (AvgIpc) is 2.73. The maximum atomic E-state index is 12.5. The van der Waals surface area contributed by atoms with Gasteiger partial charge in [0, 0.05) is 12.4 Å². The highest BCUT2D eigenvalue weighted by Gasteiger charge is 2.31. The van der Waals surface area contributed by atoms with Gasteiger partial charge in [-0.15, -0.1) is 0 Å². The van der Waals surface area contributed by atoms with Gasteiger partial charge in [0.25, 0.3) is 0 Å². The molecule has 0 saturated carbocycles. The summed E-state index contributed by atoms with van der Waals surface area (Å²) in [4.78, 5) is 13.7. The lowest BCUT2D eigenvalue weighted by Gasteiger charge is -2.09. The SMILES string of the molecule is N#Cc1cc(C(F)(F)F)ccc1-n1cc[nH]c1=O. The van der Waals surface area contributed by atoms with Crippen LogP contribution in [-0.4, -0.2) is 9.55 Å². The van der Waals surface area contributed by atoms with Crippen LogP contribution in [0.4, 0.5) is 13.2 Å². The maximum absolute atomic E-state index is 12.5. The molecule has 7 heteroatoms. The molecule has 1 heterocycles. The molecule has 18 heavy (non-hydrogen) atoms. The molecule has 1 aromatic heterocycles. The van der Waals surface area contributed by atoms with Gasteiger partial charge in [-0.2, -0.15) is 18.4 Å². The van der Waals surface area contributed by atoms with Gasteiger partial charge in [-0.05, 0) is 18.2 Å². The Bertz CT molecular complexity index is 676. The molecule has 0 aliphatic carbocycles. The lowest BCUT2D eigenvalue weighted by Crippen LogP contribution is -2.16. The molecule has 1 aromatic carbocycles. The van der Waals surface area contributed by atoms with E-state index in [1.165, 1.54) is 12.4 Å². The van der Waals surface area contributed by atoms with Crippen LogP contribution in [0.3, 0.4) is 0 Å². The number of alkyl halides is 3. The third-order valence-corrected chi connectivity index (χ3v) is 2.35. The third-order valence-electron chi connectivity index (χ3n) is 2.35. The monoisotopic (exact) mass is 253 g/mol. The van der Waals surface area contributed by atoms with Crippen molar-refractivity contribution in [3.05, 3.63) is 52.2 Å². The fourth-order valence-electron chi connectivity index (χ4n) is 1.52. The molecule has 0 amide bonds. The van der Waals surface area contributed by atoms with Crippen LogP contribution in [0.15, 0.2) is 35.4 Å². The van der Waals surface area contributed by atoms with E-state index < -0.39 is 17.4 Å². The molecule has 0 aliphatic rings. The standard InChI is InChI=1S/C11H6F3N3O/c12-11(13,14)8-1-2-9(7(5-8)6-15)17-4-3-16-10(17)18/h1-5H,(H,16,18). The lowest BCUT2D eigenvalue weighted by atomic mass is 10.1. The molecule has 0 radical (unpaired) electrons. The zero-order chi connectivity index (χ0) is 13.3. The molecule has 0 atom stereocenters. The first-order chi connectivity index (χ1) is 8.43. The van der Waals surface area contributed by atoms with Gasteiger partial charge in [-0.1, -0.05) is 0 Å². The number of nitrogens with one attached hydrogen (secondary N) is 1. The number of rotatable bonds is 1. The number of nitriles is 1. The van der Waals surface area contributed by atoms with Crippen LogP contribution in [0, 0.1) is 11.3 Å². The second-order valence-electron chi connectivity index (χ2n) is 3.48. The van der Waals surface area contributed by atoms with Crippen LogP contribution >= 0.6 is 0 Å². The summed E-state index contributed by atoms with van der Waals surface area (Å²) in [6, 6.07) is 4.29. The molecule has 0 saturated heterocycles. The Kier molecular flexibility index (Phi) is 2.71. The average molecular weight is 253 g/mol. The summed E-state index contributed by atoms with van der Waals surface area (Å²) in [6.07, 6.45) is -1.85. The number of nitrogens with zero attached hydrogens (tertiary/aromatic N) is 2. The van der Waals surface area contributed by atoms with E-state index in [1.807, 2.05) is 0 Å². The largest absolute Gasteiger partial charge is 0.416 e. The van der Waals surface area contributed by atoms with Crippen LogP contribution in [0.5, 0.6) is 0 Å². The van der Waals surface area contributed by atoms with Gasteiger partial charge < -0.3 is 4.98 Å². The number of aromatic nitrogens is 2. The fraction of sp³-hybridized carbons (Fsp3) is 0.0909. The minimum absolute atomic E-state index is 0.108. The van der Waals surface area contributed by atoms with E-state index in [4.69, 9.17) is 5.26 Å². The summed E-state index contributed by atoms with van der Waals surface area (Å²) >= 11 is 0. The van der Waals surface area contributed by atoms with Gasteiger partial charge in [-0.25, -0.2) is 4.79 Å². The van der Waals surface area contributed by atoms with Crippen LogP contribution in [0.1, 0.15) is 11.1 Å². The first kappa shape index (κ1) is 12.0. The molecule has 92 valence electrons. The summed E-state index contributed by atoms with van der Waals surface area (Å²) in [5.41, 5.74) is -1.55. The Morgan fingerprint density at radius 2 is 2.06 bits per heavy atom. The molecule has 0 fully saturated rings. The van der Waals surface area contributed by atoms with Crippen molar-refractivity contribution in [1.82, 2.24) is 9.55 Å². The zero-order valence-electron chi connectivity index (χ0n) is 8.82. The van der Waals surface area contributed by atoms with Crippen molar-refractivity contribution >= 4 is 0 Å². The predicted molar refractivity (Wildman–Crippen MR) is 56.1 cm³/mol. The highest BCUT2D eigenvalue weighted by molar-refractivity contribution is 5.51. The normalized spacial score (nSPS) is 11.2. The third kappa shape index (κ3) is 2.00. The first-order valence-corrected chi connectivity index (χ1v) is 4.81. The van der Waals surface area contributed by atoms with Gasteiger partial charge in [0.1, 0.15) is 6.07 Å². The van der Waals surface area contributed by atoms with Crippen molar-refractivity contribution in [3.8, 4) is 11.8 Å². The highest BCUT2D eigenvalue weighted by Crippen LogP contribution is 2.30. The van der Waals surface area contributed by atoms with E-state index >= 15 is 0 Å². The molecule has 2 aromatic rings. The van der Waals surface area contributed by atoms with E-state index in [2.05, 4.69) is 4.98 Å². The van der Waals surface area contributed by atoms with Gasteiger partial charge in [0.2, 0.25) is 0 Å². The first-order valence-electron chi connectivity index (χ1n) is 4.81. The number of aromatic amines is 1. The van der Waals surface area contributed by atoms with Crippen molar-refractivity contribution in [2.75, 3.05) is 0 Å². The van der Waals surface area contributed by atoms with Gasteiger partial charge >= 0.3 is 11.9 Å². The number of hydrogen-bond acceptors (Lipinski definition) is 2. The number of hydrogen-bond donors (Lipinski definition) is 1. The second-order valence-corrected chi connectivity index (χ2v) is 3.48. The molecular formula is C11H6F3N3O. The number of halogens is 3. The summed E-state index contributed by atoms with van der Waals surface area (Å²) in [6.45, 7) is 0. The summed E-state index contributed by atoms with van der Waals surface area (Å²) in [5.74, 6) is 0. The van der Waals surface area contributed by atoms with Crippen molar-refractivity contribution in [1.29, 1.82) is 5.26 Å². The molecule has 4 nitrogen and oxygen atoms in total. The second kappa shape index (κ2) is 4.07. The van der Waals surface area contributed by atoms with Crippen LogP contribution in [0.2, 0.25) is 0 Å². The maximum Gasteiger partial charge on any atom is 0.416 e. The Labute approximate surface area is 98.9 Å². The number of benzene rings is 1. The Morgan fingerprint density at radius 3 is 2.56 bits per heavy atom.